The molecule has 0 amide bonds. The first-order valence-electron chi connectivity index (χ1n) is 9.73. The molecule has 3 atom stereocenters. The SMILES string of the molecule is CC(C)N1Cc2ccnn2CC([C@@]23CC[C@@H](CN(C(C)C)C2)N3)C1. The van der Waals surface area contributed by atoms with Gasteiger partial charge in [0.2, 0.25) is 0 Å². The molecule has 1 aromatic rings. The van der Waals surface area contributed by atoms with Gasteiger partial charge in [-0.2, -0.15) is 5.10 Å². The van der Waals surface area contributed by atoms with Crippen LogP contribution in [0.25, 0.3) is 0 Å². The highest BCUT2D eigenvalue weighted by atomic mass is 15.3. The summed E-state index contributed by atoms with van der Waals surface area (Å²) in [5.41, 5.74) is 1.63. The molecule has 0 radical (unpaired) electrons. The predicted octanol–water partition coefficient (Wildman–Crippen LogP) is 1.94. The van der Waals surface area contributed by atoms with E-state index in [9.17, 15) is 0 Å². The summed E-state index contributed by atoms with van der Waals surface area (Å²) in [5, 5.41) is 8.70. The summed E-state index contributed by atoms with van der Waals surface area (Å²) in [5.74, 6) is 0.618. The Morgan fingerprint density at radius 1 is 1.12 bits per heavy atom. The molecule has 3 aliphatic rings. The van der Waals surface area contributed by atoms with Gasteiger partial charge in [-0.25, -0.2) is 0 Å². The molecule has 5 heteroatoms. The van der Waals surface area contributed by atoms with Crippen LogP contribution in [-0.2, 0) is 13.1 Å². The molecule has 1 aromatic heterocycles. The van der Waals surface area contributed by atoms with Crippen molar-refractivity contribution in [1.29, 1.82) is 0 Å². The third-order valence-corrected chi connectivity index (χ3v) is 6.63. The highest BCUT2D eigenvalue weighted by Crippen LogP contribution is 2.38. The van der Waals surface area contributed by atoms with Gasteiger partial charge in [-0.3, -0.25) is 14.5 Å². The summed E-state index contributed by atoms with van der Waals surface area (Å²) in [6.07, 6.45) is 4.61. The predicted molar refractivity (Wildman–Crippen MR) is 96.9 cm³/mol. The Labute approximate surface area is 146 Å². The topological polar surface area (TPSA) is 36.3 Å². The van der Waals surface area contributed by atoms with Crippen molar-refractivity contribution in [3.05, 3.63) is 18.0 Å². The van der Waals surface area contributed by atoms with Crippen LogP contribution in [0.2, 0.25) is 0 Å². The lowest BCUT2D eigenvalue weighted by atomic mass is 9.81. The van der Waals surface area contributed by atoms with Crippen molar-refractivity contribution in [2.24, 2.45) is 5.92 Å². The Balaban J connectivity index is 1.64. The van der Waals surface area contributed by atoms with E-state index in [-0.39, 0.29) is 5.54 Å². The average Bonchev–Trinajstić information content (AvgIpc) is 3.04. The van der Waals surface area contributed by atoms with Gasteiger partial charge in [0.1, 0.15) is 0 Å². The quantitative estimate of drug-likeness (QED) is 0.918. The van der Waals surface area contributed by atoms with E-state index >= 15 is 0 Å². The number of hydrogen-bond acceptors (Lipinski definition) is 4. The van der Waals surface area contributed by atoms with E-state index in [1.807, 2.05) is 6.20 Å². The smallest absolute Gasteiger partial charge is 0.0524 e. The number of nitrogens with zero attached hydrogens (tertiary/aromatic N) is 4. The Kier molecular flexibility index (Phi) is 4.22. The van der Waals surface area contributed by atoms with Gasteiger partial charge in [0.05, 0.1) is 5.69 Å². The summed E-state index contributed by atoms with van der Waals surface area (Å²) in [6, 6.07) is 4.09. The minimum absolute atomic E-state index is 0.258. The van der Waals surface area contributed by atoms with Crippen LogP contribution in [0.4, 0.5) is 0 Å². The van der Waals surface area contributed by atoms with E-state index < -0.39 is 0 Å². The Morgan fingerprint density at radius 3 is 2.67 bits per heavy atom. The second-order valence-electron chi connectivity index (χ2n) is 8.78. The van der Waals surface area contributed by atoms with Crippen LogP contribution in [0, 0.1) is 5.92 Å². The molecule has 134 valence electrons. The summed E-state index contributed by atoms with van der Waals surface area (Å²) in [6.45, 7) is 15.0. The van der Waals surface area contributed by atoms with Gasteiger partial charge in [0, 0.05) is 68.5 Å². The van der Waals surface area contributed by atoms with Crippen molar-refractivity contribution in [1.82, 2.24) is 24.9 Å². The molecule has 0 aliphatic carbocycles. The fourth-order valence-electron chi connectivity index (χ4n) is 5.02. The van der Waals surface area contributed by atoms with E-state index in [0.29, 0.717) is 24.0 Å². The van der Waals surface area contributed by atoms with Crippen LogP contribution >= 0.6 is 0 Å². The van der Waals surface area contributed by atoms with Crippen molar-refractivity contribution in [2.75, 3.05) is 19.6 Å². The van der Waals surface area contributed by atoms with Crippen molar-refractivity contribution in [3.8, 4) is 0 Å². The average molecular weight is 332 g/mol. The first-order valence-corrected chi connectivity index (χ1v) is 9.73. The third kappa shape index (κ3) is 2.80. The molecule has 4 heterocycles. The summed E-state index contributed by atoms with van der Waals surface area (Å²) < 4.78 is 2.27. The highest BCUT2D eigenvalue weighted by Gasteiger charge is 2.50. The number of rotatable bonds is 3. The van der Waals surface area contributed by atoms with Gasteiger partial charge in [0.25, 0.3) is 0 Å². The van der Waals surface area contributed by atoms with Crippen molar-refractivity contribution < 1.29 is 0 Å². The van der Waals surface area contributed by atoms with E-state index in [2.05, 4.69) is 58.7 Å². The van der Waals surface area contributed by atoms with Crippen LogP contribution < -0.4 is 5.32 Å². The number of hydrogen-bond donors (Lipinski definition) is 1. The molecule has 1 N–H and O–H groups in total. The zero-order chi connectivity index (χ0) is 16.9. The van der Waals surface area contributed by atoms with Gasteiger partial charge in [-0.05, 0) is 46.6 Å². The Hall–Kier alpha value is -0.910. The zero-order valence-electron chi connectivity index (χ0n) is 15.7. The van der Waals surface area contributed by atoms with Crippen LogP contribution in [0.1, 0.15) is 46.2 Å². The number of likely N-dealkylation sites (tertiary alicyclic amines) is 1. The molecule has 2 bridgehead atoms. The largest absolute Gasteiger partial charge is 0.306 e. The number of fused-ring (bicyclic) bond motifs is 3. The summed E-state index contributed by atoms with van der Waals surface area (Å²) in [7, 11) is 0. The number of nitrogens with one attached hydrogen (secondary N) is 1. The fraction of sp³-hybridized carbons (Fsp3) is 0.842. The molecule has 24 heavy (non-hydrogen) atoms. The van der Waals surface area contributed by atoms with E-state index in [4.69, 9.17) is 0 Å². The fourth-order valence-corrected chi connectivity index (χ4v) is 5.02. The normalized spacial score (nSPS) is 34.8. The summed E-state index contributed by atoms with van der Waals surface area (Å²) >= 11 is 0. The van der Waals surface area contributed by atoms with Gasteiger partial charge in [0.15, 0.2) is 0 Å². The maximum absolute atomic E-state index is 4.64. The number of aromatic nitrogens is 2. The molecule has 4 rings (SSSR count). The lowest BCUT2D eigenvalue weighted by Crippen LogP contribution is -2.65. The van der Waals surface area contributed by atoms with Crippen LogP contribution in [-0.4, -0.2) is 62.9 Å². The molecule has 0 saturated carbocycles. The van der Waals surface area contributed by atoms with E-state index in [1.54, 1.807) is 0 Å². The first kappa shape index (κ1) is 16.6. The Morgan fingerprint density at radius 2 is 1.92 bits per heavy atom. The third-order valence-electron chi connectivity index (χ3n) is 6.63. The monoisotopic (exact) mass is 331 g/mol. The standard InChI is InChI=1S/C19H33N5/c1-14(2)22-9-16(10-24-18(12-22)6-8-20-24)19-7-5-17(21-19)11-23(13-19)15(3)4/h6,8,14-17,21H,5,7,9-13H2,1-4H3/t16?,17-,19+/m0/s1. The van der Waals surface area contributed by atoms with Crippen molar-refractivity contribution >= 4 is 0 Å². The maximum atomic E-state index is 4.64. The lowest BCUT2D eigenvalue weighted by Gasteiger charge is -2.48. The van der Waals surface area contributed by atoms with Crippen LogP contribution in [0.3, 0.4) is 0 Å². The first-order chi connectivity index (χ1) is 11.5. The van der Waals surface area contributed by atoms with Crippen LogP contribution in [0.15, 0.2) is 12.3 Å². The molecule has 5 nitrogen and oxygen atoms in total. The number of piperazine rings is 1. The highest BCUT2D eigenvalue weighted by molar-refractivity contribution is 5.11. The van der Waals surface area contributed by atoms with Crippen molar-refractivity contribution in [2.45, 2.75) is 77.3 Å². The molecule has 0 aromatic carbocycles. The van der Waals surface area contributed by atoms with Gasteiger partial charge in [-0.15, -0.1) is 0 Å². The lowest BCUT2D eigenvalue weighted by molar-refractivity contribution is 0.0476. The minimum atomic E-state index is 0.258. The second kappa shape index (κ2) is 6.11. The Bertz CT molecular complexity index is 580. The van der Waals surface area contributed by atoms with Gasteiger partial charge >= 0.3 is 0 Å². The second-order valence-corrected chi connectivity index (χ2v) is 8.78. The molecular formula is C19H33N5. The molecule has 2 saturated heterocycles. The molecule has 3 aliphatic heterocycles. The van der Waals surface area contributed by atoms with Crippen LogP contribution in [0.5, 0.6) is 0 Å². The minimum Gasteiger partial charge on any atom is -0.306 e. The van der Waals surface area contributed by atoms with E-state index in [0.717, 1.165) is 13.1 Å². The molecular weight excluding hydrogens is 298 g/mol. The molecule has 0 spiro atoms. The molecule has 2 fully saturated rings. The van der Waals surface area contributed by atoms with Gasteiger partial charge < -0.3 is 5.32 Å². The summed E-state index contributed by atoms with van der Waals surface area (Å²) in [4.78, 5) is 5.34. The van der Waals surface area contributed by atoms with Crippen molar-refractivity contribution in [3.63, 3.8) is 0 Å². The molecule has 1 unspecified atom stereocenters. The zero-order valence-corrected chi connectivity index (χ0v) is 15.7. The maximum Gasteiger partial charge on any atom is 0.0524 e. The van der Waals surface area contributed by atoms with Gasteiger partial charge in [-0.1, -0.05) is 0 Å². The van der Waals surface area contributed by atoms with E-state index in [1.165, 1.54) is 38.2 Å².